The standard InChI is InChI=1S/C16H19N3O3S/c20-23(21,15-6-7-15)18-10-13-4-3-9-19(13)14(11-18)12-22-16-5-1-2-8-17-16/h1-5,8-9,14-15H,6-7,10-12H2/t14-/m1/s1. The van der Waals surface area contributed by atoms with Gasteiger partial charge in [0.1, 0.15) is 6.61 Å². The van der Waals surface area contributed by atoms with Gasteiger partial charge in [-0.05, 0) is 31.0 Å². The molecule has 122 valence electrons. The SMILES string of the molecule is O=S(=O)(C1CC1)N1Cc2cccn2[C@@H](COc2ccccn2)C1. The summed E-state index contributed by atoms with van der Waals surface area (Å²) < 4.78 is 34.6. The number of hydrogen-bond acceptors (Lipinski definition) is 4. The smallest absolute Gasteiger partial charge is 0.217 e. The lowest BCUT2D eigenvalue weighted by Gasteiger charge is -2.34. The van der Waals surface area contributed by atoms with Gasteiger partial charge < -0.3 is 9.30 Å². The van der Waals surface area contributed by atoms with Gasteiger partial charge in [0, 0.05) is 30.7 Å². The van der Waals surface area contributed by atoms with Crippen molar-refractivity contribution in [1.29, 1.82) is 0 Å². The largest absolute Gasteiger partial charge is 0.475 e. The van der Waals surface area contributed by atoms with Crippen LogP contribution in [0.25, 0.3) is 0 Å². The molecule has 4 rings (SSSR count). The molecule has 0 N–H and O–H groups in total. The Hall–Kier alpha value is -1.86. The van der Waals surface area contributed by atoms with Gasteiger partial charge in [-0.1, -0.05) is 6.07 Å². The molecular formula is C16H19N3O3S. The third kappa shape index (κ3) is 2.86. The van der Waals surface area contributed by atoms with E-state index in [1.54, 1.807) is 16.6 Å². The second kappa shape index (κ2) is 5.65. The van der Waals surface area contributed by atoms with E-state index in [1.807, 2.05) is 30.5 Å². The van der Waals surface area contributed by atoms with Crippen LogP contribution in [0.2, 0.25) is 0 Å². The van der Waals surface area contributed by atoms with Crippen molar-refractivity contribution in [2.24, 2.45) is 0 Å². The van der Waals surface area contributed by atoms with E-state index in [0.717, 1.165) is 18.5 Å². The number of aromatic nitrogens is 2. The first kappa shape index (κ1) is 14.7. The van der Waals surface area contributed by atoms with Gasteiger partial charge in [-0.2, -0.15) is 4.31 Å². The quantitative estimate of drug-likeness (QED) is 0.837. The molecule has 2 aromatic rings. The van der Waals surface area contributed by atoms with Crippen LogP contribution in [0.5, 0.6) is 5.88 Å². The Morgan fingerprint density at radius 3 is 2.83 bits per heavy atom. The van der Waals surface area contributed by atoms with Crippen LogP contribution in [0.15, 0.2) is 42.7 Å². The van der Waals surface area contributed by atoms with Crippen LogP contribution in [0.1, 0.15) is 24.6 Å². The van der Waals surface area contributed by atoms with Crippen LogP contribution < -0.4 is 4.74 Å². The van der Waals surface area contributed by atoms with Crippen LogP contribution in [-0.4, -0.2) is 40.7 Å². The van der Waals surface area contributed by atoms with Gasteiger partial charge in [-0.3, -0.25) is 0 Å². The molecule has 0 unspecified atom stereocenters. The molecule has 0 bridgehead atoms. The number of ether oxygens (including phenoxy) is 1. The van der Waals surface area contributed by atoms with Crippen molar-refractivity contribution in [3.05, 3.63) is 48.4 Å². The van der Waals surface area contributed by atoms with Gasteiger partial charge in [0.05, 0.1) is 17.8 Å². The van der Waals surface area contributed by atoms with Gasteiger partial charge in [0.25, 0.3) is 0 Å². The van der Waals surface area contributed by atoms with E-state index >= 15 is 0 Å². The van der Waals surface area contributed by atoms with Gasteiger partial charge in [0.15, 0.2) is 0 Å². The summed E-state index contributed by atoms with van der Waals surface area (Å²) in [5.41, 5.74) is 1.01. The van der Waals surface area contributed by atoms with Gasteiger partial charge in [0.2, 0.25) is 15.9 Å². The third-order valence-electron chi connectivity index (χ3n) is 4.38. The fraction of sp³-hybridized carbons (Fsp3) is 0.438. The Labute approximate surface area is 135 Å². The predicted molar refractivity (Wildman–Crippen MR) is 85.6 cm³/mol. The predicted octanol–water partition coefficient (Wildman–Crippen LogP) is 1.81. The van der Waals surface area contributed by atoms with Crippen LogP contribution in [0.4, 0.5) is 0 Å². The summed E-state index contributed by atoms with van der Waals surface area (Å²) in [6, 6.07) is 9.40. The molecule has 1 saturated carbocycles. The Kier molecular flexibility index (Phi) is 3.61. The molecule has 6 nitrogen and oxygen atoms in total. The zero-order valence-electron chi connectivity index (χ0n) is 12.7. The lowest BCUT2D eigenvalue weighted by atomic mass is 10.2. The van der Waals surface area contributed by atoms with Crippen LogP contribution in [-0.2, 0) is 16.6 Å². The summed E-state index contributed by atoms with van der Waals surface area (Å²) in [5, 5.41) is -0.179. The zero-order chi connectivity index (χ0) is 15.9. The molecule has 3 heterocycles. The number of rotatable bonds is 5. The minimum absolute atomic E-state index is 0.0377. The summed E-state index contributed by atoms with van der Waals surface area (Å²) >= 11 is 0. The highest BCUT2D eigenvalue weighted by molar-refractivity contribution is 7.90. The van der Waals surface area contributed by atoms with Crippen LogP contribution >= 0.6 is 0 Å². The third-order valence-corrected chi connectivity index (χ3v) is 6.69. The van der Waals surface area contributed by atoms with E-state index in [4.69, 9.17) is 4.74 Å². The molecule has 0 saturated heterocycles. The summed E-state index contributed by atoms with van der Waals surface area (Å²) in [5.74, 6) is 0.559. The van der Waals surface area contributed by atoms with Crippen molar-refractivity contribution in [3.63, 3.8) is 0 Å². The topological polar surface area (TPSA) is 64.4 Å². The fourth-order valence-corrected chi connectivity index (χ4v) is 4.85. The van der Waals surface area contributed by atoms with Gasteiger partial charge >= 0.3 is 0 Å². The number of nitrogens with zero attached hydrogens (tertiary/aromatic N) is 3. The lowest BCUT2D eigenvalue weighted by Crippen LogP contribution is -2.43. The first-order chi connectivity index (χ1) is 11.1. The summed E-state index contributed by atoms with van der Waals surface area (Å²) in [4.78, 5) is 4.15. The molecule has 7 heteroatoms. The Balaban J connectivity index is 1.54. The second-order valence-electron chi connectivity index (χ2n) is 6.08. The van der Waals surface area contributed by atoms with E-state index in [1.165, 1.54) is 0 Å². The van der Waals surface area contributed by atoms with Gasteiger partial charge in [-0.15, -0.1) is 0 Å². The zero-order valence-corrected chi connectivity index (χ0v) is 13.5. The molecule has 1 aliphatic carbocycles. The Morgan fingerprint density at radius 2 is 2.09 bits per heavy atom. The molecule has 0 radical (unpaired) electrons. The summed E-state index contributed by atoms with van der Waals surface area (Å²) in [6.45, 7) is 1.30. The minimum atomic E-state index is -3.18. The average Bonchev–Trinajstić information content (AvgIpc) is 3.32. The summed E-state index contributed by atoms with van der Waals surface area (Å²) in [7, 11) is -3.18. The van der Waals surface area contributed by atoms with E-state index in [-0.39, 0.29) is 11.3 Å². The van der Waals surface area contributed by atoms with E-state index in [0.29, 0.717) is 25.6 Å². The summed E-state index contributed by atoms with van der Waals surface area (Å²) in [6.07, 6.45) is 5.24. The molecule has 2 aromatic heterocycles. The Morgan fingerprint density at radius 1 is 1.22 bits per heavy atom. The van der Waals surface area contributed by atoms with Crippen LogP contribution in [0.3, 0.4) is 0 Å². The maximum Gasteiger partial charge on any atom is 0.217 e. The average molecular weight is 333 g/mol. The molecular weight excluding hydrogens is 314 g/mol. The highest BCUT2D eigenvalue weighted by Crippen LogP contribution is 2.34. The van der Waals surface area contributed by atoms with Crippen LogP contribution in [0, 0.1) is 0 Å². The highest BCUT2D eigenvalue weighted by Gasteiger charge is 2.42. The van der Waals surface area contributed by atoms with E-state index in [9.17, 15) is 8.42 Å². The fourth-order valence-electron chi connectivity index (χ4n) is 3.01. The van der Waals surface area contributed by atoms with E-state index in [2.05, 4.69) is 9.55 Å². The van der Waals surface area contributed by atoms with Crippen molar-refractivity contribution >= 4 is 10.0 Å². The Bertz CT molecular complexity index is 784. The first-order valence-corrected chi connectivity index (χ1v) is 9.33. The number of pyridine rings is 1. The second-order valence-corrected chi connectivity index (χ2v) is 8.29. The highest BCUT2D eigenvalue weighted by atomic mass is 32.2. The normalized spacial score (nSPS) is 21.8. The minimum Gasteiger partial charge on any atom is -0.475 e. The molecule has 1 aliphatic heterocycles. The van der Waals surface area contributed by atoms with Crippen molar-refractivity contribution in [2.45, 2.75) is 30.7 Å². The number of sulfonamides is 1. The van der Waals surface area contributed by atoms with Crippen molar-refractivity contribution < 1.29 is 13.2 Å². The molecule has 0 amide bonds. The number of hydrogen-bond donors (Lipinski definition) is 0. The monoisotopic (exact) mass is 333 g/mol. The van der Waals surface area contributed by atoms with Crippen molar-refractivity contribution in [1.82, 2.24) is 13.9 Å². The lowest BCUT2D eigenvalue weighted by molar-refractivity contribution is 0.190. The molecule has 0 aromatic carbocycles. The van der Waals surface area contributed by atoms with Crippen molar-refractivity contribution in [3.8, 4) is 5.88 Å². The van der Waals surface area contributed by atoms with Gasteiger partial charge in [-0.25, -0.2) is 13.4 Å². The maximum absolute atomic E-state index is 12.6. The number of fused-ring (bicyclic) bond motifs is 1. The van der Waals surface area contributed by atoms with Crippen molar-refractivity contribution in [2.75, 3.05) is 13.2 Å². The first-order valence-electron chi connectivity index (χ1n) is 7.83. The molecule has 2 aliphatic rings. The maximum atomic E-state index is 12.6. The molecule has 0 spiro atoms. The molecule has 23 heavy (non-hydrogen) atoms. The molecule has 1 atom stereocenters. The van der Waals surface area contributed by atoms with E-state index < -0.39 is 10.0 Å². The molecule has 1 fully saturated rings.